The molecule has 2 atom stereocenters. The first-order valence-electron chi connectivity index (χ1n) is 9.08. The summed E-state index contributed by atoms with van der Waals surface area (Å²) in [5.74, 6) is -5.06. The molecule has 0 saturated carbocycles. The summed E-state index contributed by atoms with van der Waals surface area (Å²) in [4.78, 5) is 0. The van der Waals surface area contributed by atoms with E-state index < -0.39 is 61.4 Å². The number of rotatable bonds is 9. The van der Waals surface area contributed by atoms with Gasteiger partial charge in [0.2, 0.25) is 11.3 Å². The van der Waals surface area contributed by atoms with E-state index in [1.165, 1.54) is 25.1 Å². The second-order valence-corrected chi connectivity index (χ2v) is 7.18. The highest BCUT2D eigenvalue weighted by atomic mass is 19.4. The molecule has 0 bridgehead atoms. The Kier molecular flexibility index (Phi) is 7.41. The molecule has 0 amide bonds. The van der Waals surface area contributed by atoms with E-state index >= 15 is 0 Å². The predicted molar refractivity (Wildman–Crippen MR) is 97.7 cm³/mol. The van der Waals surface area contributed by atoms with Crippen molar-refractivity contribution >= 4 is 0 Å². The van der Waals surface area contributed by atoms with Crippen molar-refractivity contribution in [1.29, 1.82) is 0 Å². The summed E-state index contributed by atoms with van der Waals surface area (Å²) in [7, 11) is 0. The van der Waals surface area contributed by atoms with Gasteiger partial charge in [-0.2, -0.15) is 17.6 Å². The SMILES string of the molecule is Cc1cc(C(F)(F)F)ccc1-c1ccc(OC(F)(CF)C(F)(CF)C(F)(CF)CF)cc1. The van der Waals surface area contributed by atoms with Gasteiger partial charge >= 0.3 is 12.0 Å². The van der Waals surface area contributed by atoms with Gasteiger partial charge in [-0.1, -0.05) is 18.2 Å². The molecular formula is C21H18F10O. The lowest BCUT2D eigenvalue weighted by Crippen LogP contribution is -2.68. The maximum atomic E-state index is 14.9. The first-order chi connectivity index (χ1) is 14.8. The van der Waals surface area contributed by atoms with Crippen LogP contribution >= 0.6 is 0 Å². The van der Waals surface area contributed by atoms with E-state index in [1.807, 2.05) is 0 Å². The van der Waals surface area contributed by atoms with Crippen LogP contribution in [0.15, 0.2) is 42.5 Å². The van der Waals surface area contributed by atoms with Crippen molar-refractivity contribution in [2.24, 2.45) is 0 Å². The smallest absolute Gasteiger partial charge is 0.416 e. The molecule has 32 heavy (non-hydrogen) atoms. The number of halogens is 10. The van der Waals surface area contributed by atoms with Crippen LogP contribution in [0.25, 0.3) is 11.1 Å². The molecule has 2 unspecified atom stereocenters. The van der Waals surface area contributed by atoms with Gasteiger partial charge in [0.15, 0.2) is 6.67 Å². The fraction of sp³-hybridized carbons (Fsp3) is 0.429. The zero-order chi connectivity index (χ0) is 24.4. The van der Waals surface area contributed by atoms with Crippen LogP contribution in [-0.4, -0.2) is 43.9 Å². The third-order valence-electron chi connectivity index (χ3n) is 5.08. The quantitative estimate of drug-likeness (QED) is 0.354. The van der Waals surface area contributed by atoms with Crippen LogP contribution in [0.2, 0.25) is 0 Å². The standard InChI is InChI=1S/C21H18F10O/c1-13-8-15(21(29,30)31)4-7-17(13)14-2-5-16(6-3-14)32-20(28,12-25)19(27,11-24)18(26,9-22)10-23/h2-8H,9-12H2,1H3. The van der Waals surface area contributed by atoms with E-state index in [0.717, 1.165) is 24.3 Å². The van der Waals surface area contributed by atoms with E-state index in [2.05, 4.69) is 4.74 Å². The summed E-state index contributed by atoms with van der Waals surface area (Å²) >= 11 is 0. The van der Waals surface area contributed by atoms with E-state index in [4.69, 9.17) is 0 Å². The van der Waals surface area contributed by atoms with Crippen molar-refractivity contribution in [2.75, 3.05) is 26.7 Å². The van der Waals surface area contributed by atoms with Crippen molar-refractivity contribution in [3.8, 4) is 16.9 Å². The molecule has 2 aromatic carbocycles. The summed E-state index contributed by atoms with van der Waals surface area (Å²) in [5, 5.41) is 0. The van der Waals surface area contributed by atoms with Gasteiger partial charge in [0, 0.05) is 0 Å². The molecular weight excluding hydrogens is 458 g/mol. The van der Waals surface area contributed by atoms with Crippen molar-refractivity contribution in [2.45, 2.75) is 30.3 Å². The van der Waals surface area contributed by atoms with Crippen LogP contribution in [0.1, 0.15) is 11.1 Å². The predicted octanol–water partition coefficient (Wildman–Crippen LogP) is 7.02. The van der Waals surface area contributed by atoms with Crippen LogP contribution in [0.5, 0.6) is 5.75 Å². The number of alkyl halides is 10. The number of benzene rings is 2. The largest absolute Gasteiger partial charge is 0.452 e. The number of aryl methyl sites for hydroxylation is 1. The number of hydrogen-bond donors (Lipinski definition) is 0. The molecule has 0 fully saturated rings. The van der Waals surface area contributed by atoms with E-state index in [9.17, 15) is 43.9 Å². The maximum Gasteiger partial charge on any atom is 0.416 e. The van der Waals surface area contributed by atoms with Crippen LogP contribution in [0.3, 0.4) is 0 Å². The molecule has 0 aliphatic heterocycles. The van der Waals surface area contributed by atoms with Gasteiger partial charge < -0.3 is 4.74 Å². The summed E-state index contributed by atoms with van der Waals surface area (Å²) in [6, 6.07) is 7.13. The third-order valence-corrected chi connectivity index (χ3v) is 5.08. The Morgan fingerprint density at radius 2 is 1.28 bits per heavy atom. The lowest BCUT2D eigenvalue weighted by Gasteiger charge is -2.41. The second kappa shape index (κ2) is 9.19. The molecule has 2 aromatic rings. The van der Waals surface area contributed by atoms with Gasteiger partial charge in [0.05, 0.1) is 5.56 Å². The molecule has 0 aromatic heterocycles. The molecule has 0 radical (unpaired) electrons. The Morgan fingerprint density at radius 1 is 0.719 bits per heavy atom. The molecule has 0 heterocycles. The Bertz CT molecular complexity index is 910. The van der Waals surface area contributed by atoms with Crippen molar-refractivity contribution in [3.05, 3.63) is 53.6 Å². The maximum absolute atomic E-state index is 14.9. The summed E-state index contributed by atoms with van der Waals surface area (Å²) in [5.41, 5.74) is -9.02. The summed E-state index contributed by atoms with van der Waals surface area (Å²) < 4.78 is 139. The fourth-order valence-corrected chi connectivity index (χ4v) is 3.07. The first-order valence-corrected chi connectivity index (χ1v) is 9.08. The van der Waals surface area contributed by atoms with E-state index in [-0.39, 0.29) is 5.56 Å². The monoisotopic (exact) mass is 476 g/mol. The molecule has 2 rings (SSSR count). The molecule has 0 spiro atoms. The lowest BCUT2D eigenvalue weighted by atomic mass is 9.82. The molecule has 1 nitrogen and oxygen atoms in total. The average molecular weight is 476 g/mol. The normalized spacial score (nSPS) is 16.3. The van der Waals surface area contributed by atoms with Crippen LogP contribution < -0.4 is 4.74 Å². The highest BCUT2D eigenvalue weighted by molar-refractivity contribution is 5.68. The minimum absolute atomic E-state index is 0.227. The Morgan fingerprint density at radius 3 is 1.69 bits per heavy atom. The molecule has 178 valence electrons. The molecule has 0 aliphatic rings. The minimum Gasteiger partial charge on any atom is -0.452 e. The van der Waals surface area contributed by atoms with Crippen LogP contribution in [0.4, 0.5) is 43.9 Å². The van der Waals surface area contributed by atoms with Gasteiger partial charge in [-0.3, -0.25) is 0 Å². The number of hydrogen-bond acceptors (Lipinski definition) is 1. The highest BCUT2D eigenvalue weighted by Crippen LogP contribution is 2.45. The fourth-order valence-electron chi connectivity index (χ4n) is 3.07. The number of ether oxygens (including phenoxy) is 1. The molecule has 0 saturated heterocycles. The van der Waals surface area contributed by atoms with Gasteiger partial charge in [-0.15, -0.1) is 0 Å². The molecule has 0 N–H and O–H groups in total. The van der Waals surface area contributed by atoms with E-state index in [1.54, 1.807) is 0 Å². The Labute approximate surface area is 177 Å². The second-order valence-electron chi connectivity index (χ2n) is 7.18. The zero-order valence-electron chi connectivity index (χ0n) is 16.6. The highest BCUT2D eigenvalue weighted by Gasteiger charge is 2.70. The van der Waals surface area contributed by atoms with Crippen LogP contribution in [-0.2, 0) is 6.18 Å². The van der Waals surface area contributed by atoms with E-state index in [0.29, 0.717) is 11.1 Å². The average Bonchev–Trinajstić information content (AvgIpc) is 2.77. The van der Waals surface area contributed by atoms with Crippen molar-refractivity contribution < 1.29 is 48.6 Å². The van der Waals surface area contributed by atoms with Crippen molar-refractivity contribution in [3.63, 3.8) is 0 Å². The minimum atomic E-state index is -4.65. The topological polar surface area (TPSA) is 9.23 Å². The molecule has 0 aliphatic carbocycles. The van der Waals surface area contributed by atoms with Crippen molar-refractivity contribution in [1.82, 2.24) is 0 Å². The first kappa shape index (κ1) is 25.8. The Balaban J connectivity index is 2.37. The van der Waals surface area contributed by atoms with Gasteiger partial charge in [0.25, 0.3) is 0 Å². The third kappa shape index (κ3) is 4.52. The zero-order valence-corrected chi connectivity index (χ0v) is 16.6. The Hall–Kier alpha value is -2.46. The molecule has 11 heteroatoms. The summed E-state index contributed by atoms with van der Waals surface area (Å²) in [6.45, 7) is -8.66. The lowest BCUT2D eigenvalue weighted by molar-refractivity contribution is -0.247. The van der Waals surface area contributed by atoms with Gasteiger partial charge in [0.1, 0.15) is 25.8 Å². The van der Waals surface area contributed by atoms with Gasteiger partial charge in [-0.05, 0) is 47.9 Å². The van der Waals surface area contributed by atoms with Crippen LogP contribution in [0, 0.1) is 6.92 Å². The summed E-state index contributed by atoms with van der Waals surface area (Å²) in [6.07, 6.45) is -4.56. The van der Waals surface area contributed by atoms with Gasteiger partial charge in [-0.25, -0.2) is 26.3 Å².